The Morgan fingerprint density at radius 3 is 2.76 bits per heavy atom. The zero-order valence-corrected chi connectivity index (χ0v) is 10.9. The fraction of sp³-hybridized carbons (Fsp3) is 0.500. The summed E-state index contributed by atoms with van der Waals surface area (Å²) in [5.74, 6) is 0. The molecule has 0 unspecified atom stereocenters. The van der Waals surface area contributed by atoms with Gasteiger partial charge in [0.15, 0.2) is 0 Å². The molecule has 0 radical (unpaired) electrons. The van der Waals surface area contributed by atoms with Gasteiger partial charge in [0.05, 0.1) is 16.7 Å². The van der Waals surface area contributed by atoms with Crippen LogP contribution in [0.1, 0.15) is 12.0 Å². The van der Waals surface area contributed by atoms with E-state index in [1.165, 1.54) is 0 Å². The van der Waals surface area contributed by atoms with Crippen molar-refractivity contribution in [2.45, 2.75) is 12.0 Å². The molecule has 1 aliphatic rings. The lowest BCUT2D eigenvalue weighted by Gasteiger charge is -2.38. The van der Waals surface area contributed by atoms with E-state index < -0.39 is 5.60 Å². The highest BCUT2D eigenvalue weighted by Crippen LogP contribution is 2.34. The topological polar surface area (TPSA) is 41.5 Å². The van der Waals surface area contributed by atoms with Crippen molar-refractivity contribution in [1.29, 1.82) is 0 Å². The standard InChI is InChI=1S/C12H15Cl2NO2/c13-10-2-1-9(7-11(10)14)12(3-5-16)8-15-4-6-17-12/h1-2,7,15-16H,3-6,8H2/t12-/m1/s1. The van der Waals surface area contributed by atoms with Crippen LogP contribution in [0.2, 0.25) is 10.0 Å². The normalized spacial score (nSPS) is 24.9. The molecule has 1 saturated heterocycles. The third kappa shape index (κ3) is 2.75. The van der Waals surface area contributed by atoms with Gasteiger partial charge in [0.25, 0.3) is 0 Å². The maximum Gasteiger partial charge on any atom is 0.108 e. The molecule has 1 fully saturated rings. The first-order chi connectivity index (χ1) is 8.18. The molecular formula is C12H15Cl2NO2. The molecule has 1 aromatic carbocycles. The summed E-state index contributed by atoms with van der Waals surface area (Å²) in [5.41, 5.74) is 0.453. The molecule has 0 bridgehead atoms. The summed E-state index contributed by atoms with van der Waals surface area (Å²) in [7, 11) is 0. The van der Waals surface area contributed by atoms with Gasteiger partial charge in [-0.15, -0.1) is 0 Å². The number of aliphatic hydroxyl groups is 1. The molecule has 17 heavy (non-hydrogen) atoms. The summed E-state index contributed by atoms with van der Waals surface area (Å²) >= 11 is 11.9. The Balaban J connectivity index is 2.34. The highest BCUT2D eigenvalue weighted by molar-refractivity contribution is 6.42. The van der Waals surface area contributed by atoms with E-state index in [-0.39, 0.29) is 6.61 Å². The first kappa shape index (κ1) is 13.1. The Kier molecular flexibility index (Phi) is 4.28. The van der Waals surface area contributed by atoms with Crippen LogP contribution in [-0.4, -0.2) is 31.4 Å². The van der Waals surface area contributed by atoms with Gasteiger partial charge < -0.3 is 15.2 Å². The second kappa shape index (κ2) is 5.55. The number of hydrogen-bond acceptors (Lipinski definition) is 3. The lowest BCUT2D eigenvalue weighted by molar-refractivity contribution is -0.0839. The summed E-state index contributed by atoms with van der Waals surface area (Å²) in [6.07, 6.45) is 0.540. The average Bonchev–Trinajstić information content (AvgIpc) is 2.34. The maximum atomic E-state index is 9.20. The van der Waals surface area contributed by atoms with Gasteiger partial charge in [-0.25, -0.2) is 0 Å². The van der Waals surface area contributed by atoms with Gasteiger partial charge in [-0.2, -0.15) is 0 Å². The Morgan fingerprint density at radius 2 is 2.18 bits per heavy atom. The third-order valence-electron chi connectivity index (χ3n) is 3.03. The number of hydrogen-bond donors (Lipinski definition) is 2. The summed E-state index contributed by atoms with van der Waals surface area (Å²) in [5, 5.41) is 13.5. The molecule has 1 aromatic rings. The second-order valence-corrected chi connectivity index (χ2v) is 4.94. The first-order valence-electron chi connectivity index (χ1n) is 5.59. The van der Waals surface area contributed by atoms with E-state index in [0.717, 1.165) is 12.1 Å². The first-order valence-corrected chi connectivity index (χ1v) is 6.35. The summed E-state index contributed by atoms with van der Waals surface area (Å²) in [6.45, 7) is 2.20. The van der Waals surface area contributed by atoms with Gasteiger partial charge in [-0.05, 0) is 17.7 Å². The molecule has 1 aliphatic heterocycles. The molecule has 2 rings (SSSR count). The molecule has 0 amide bonds. The number of morpholine rings is 1. The Morgan fingerprint density at radius 1 is 1.35 bits per heavy atom. The van der Waals surface area contributed by atoms with E-state index in [2.05, 4.69) is 5.32 Å². The molecular weight excluding hydrogens is 261 g/mol. The molecule has 0 saturated carbocycles. The van der Waals surface area contributed by atoms with Crippen LogP contribution in [0.25, 0.3) is 0 Å². The molecule has 0 aromatic heterocycles. The van der Waals surface area contributed by atoms with Gasteiger partial charge in [-0.1, -0.05) is 29.3 Å². The van der Waals surface area contributed by atoms with Crippen molar-refractivity contribution in [2.75, 3.05) is 26.3 Å². The molecule has 2 N–H and O–H groups in total. The van der Waals surface area contributed by atoms with Crippen LogP contribution in [0.15, 0.2) is 18.2 Å². The summed E-state index contributed by atoms with van der Waals surface area (Å²) in [4.78, 5) is 0. The number of benzene rings is 1. The number of rotatable bonds is 3. The number of nitrogens with one attached hydrogen (secondary N) is 1. The molecule has 3 nitrogen and oxygen atoms in total. The highest BCUT2D eigenvalue weighted by Gasteiger charge is 2.35. The molecule has 94 valence electrons. The SMILES string of the molecule is OCC[C@]1(c2ccc(Cl)c(Cl)c2)CNCCO1. The highest BCUT2D eigenvalue weighted by atomic mass is 35.5. The minimum atomic E-state index is -0.499. The molecule has 5 heteroatoms. The van der Waals surface area contributed by atoms with E-state index in [1.807, 2.05) is 12.1 Å². The number of ether oxygens (including phenoxy) is 1. The van der Waals surface area contributed by atoms with Crippen molar-refractivity contribution in [2.24, 2.45) is 0 Å². The van der Waals surface area contributed by atoms with E-state index in [1.54, 1.807) is 6.07 Å². The lowest BCUT2D eigenvalue weighted by Crippen LogP contribution is -2.48. The van der Waals surface area contributed by atoms with Crippen LogP contribution in [-0.2, 0) is 10.3 Å². The van der Waals surface area contributed by atoms with Crippen molar-refractivity contribution < 1.29 is 9.84 Å². The van der Waals surface area contributed by atoms with E-state index in [0.29, 0.717) is 29.6 Å². The van der Waals surface area contributed by atoms with Crippen LogP contribution in [0.3, 0.4) is 0 Å². The van der Waals surface area contributed by atoms with Crippen molar-refractivity contribution in [3.05, 3.63) is 33.8 Å². The Labute approximate surface area is 111 Å². The van der Waals surface area contributed by atoms with Crippen molar-refractivity contribution in [1.82, 2.24) is 5.32 Å². The van der Waals surface area contributed by atoms with Crippen molar-refractivity contribution >= 4 is 23.2 Å². The Hall–Kier alpha value is -0.320. The smallest absolute Gasteiger partial charge is 0.108 e. The van der Waals surface area contributed by atoms with Crippen molar-refractivity contribution in [3.8, 4) is 0 Å². The van der Waals surface area contributed by atoms with Gasteiger partial charge >= 0.3 is 0 Å². The molecule has 1 heterocycles. The van der Waals surface area contributed by atoms with Crippen molar-refractivity contribution in [3.63, 3.8) is 0 Å². The summed E-state index contributed by atoms with van der Waals surface area (Å²) in [6, 6.07) is 5.47. The quantitative estimate of drug-likeness (QED) is 0.889. The lowest BCUT2D eigenvalue weighted by atomic mass is 9.89. The minimum Gasteiger partial charge on any atom is -0.396 e. The predicted octanol–water partition coefficient (Wildman–Crippen LogP) is 2.19. The van der Waals surface area contributed by atoms with Crippen LogP contribution >= 0.6 is 23.2 Å². The number of halogens is 2. The minimum absolute atomic E-state index is 0.0714. The van der Waals surface area contributed by atoms with Gasteiger partial charge in [0.1, 0.15) is 5.60 Å². The van der Waals surface area contributed by atoms with Crippen LogP contribution < -0.4 is 5.32 Å². The van der Waals surface area contributed by atoms with E-state index >= 15 is 0 Å². The number of aliphatic hydroxyl groups excluding tert-OH is 1. The predicted molar refractivity (Wildman–Crippen MR) is 68.7 cm³/mol. The zero-order valence-electron chi connectivity index (χ0n) is 9.38. The third-order valence-corrected chi connectivity index (χ3v) is 3.77. The zero-order chi connectivity index (χ0) is 12.3. The van der Waals surface area contributed by atoms with Crippen LogP contribution in [0.4, 0.5) is 0 Å². The second-order valence-electron chi connectivity index (χ2n) is 4.12. The monoisotopic (exact) mass is 275 g/mol. The molecule has 0 aliphatic carbocycles. The fourth-order valence-electron chi connectivity index (χ4n) is 2.11. The Bertz CT molecular complexity index is 387. The van der Waals surface area contributed by atoms with E-state index in [4.69, 9.17) is 27.9 Å². The van der Waals surface area contributed by atoms with Crippen LogP contribution in [0.5, 0.6) is 0 Å². The van der Waals surface area contributed by atoms with E-state index in [9.17, 15) is 5.11 Å². The summed E-state index contributed by atoms with van der Waals surface area (Å²) < 4.78 is 5.86. The molecule has 1 atom stereocenters. The van der Waals surface area contributed by atoms with Gasteiger partial charge in [0, 0.05) is 26.1 Å². The molecule has 0 spiro atoms. The average molecular weight is 276 g/mol. The maximum absolute atomic E-state index is 9.20. The van der Waals surface area contributed by atoms with Gasteiger partial charge in [-0.3, -0.25) is 0 Å². The van der Waals surface area contributed by atoms with Crippen LogP contribution in [0, 0.1) is 0 Å². The van der Waals surface area contributed by atoms with Gasteiger partial charge in [0.2, 0.25) is 0 Å². The fourth-order valence-corrected chi connectivity index (χ4v) is 2.41. The largest absolute Gasteiger partial charge is 0.396 e.